The normalized spacial score (nSPS) is 14.5. The average Bonchev–Trinajstić information content (AvgIpc) is 3.17. The van der Waals surface area contributed by atoms with Crippen molar-refractivity contribution in [3.05, 3.63) is 72.3 Å². The molecule has 2 N–H and O–H groups in total. The lowest BCUT2D eigenvalue weighted by Crippen LogP contribution is -2.26. The van der Waals surface area contributed by atoms with Crippen molar-refractivity contribution in [2.75, 3.05) is 11.1 Å². The molecule has 4 rings (SSSR count). The first-order chi connectivity index (χ1) is 13.6. The van der Waals surface area contributed by atoms with Crippen molar-refractivity contribution < 1.29 is 9.59 Å². The molecule has 1 aliphatic heterocycles. The first-order valence-corrected chi connectivity index (χ1v) is 10.0. The number of aromatic nitrogens is 2. The number of fused-ring (bicyclic) bond motifs is 1. The lowest BCUT2D eigenvalue weighted by molar-refractivity contribution is -0.115. The van der Waals surface area contributed by atoms with E-state index >= 15 is 0 Å². The van der Waals surface area contributed by atoms with Crippen molar-refractivity contribution in [1.82, 2.24) is 14.9 Å². The summed E-state index contributed by atoms with van der Waals surface area (Å²) in [6.07, 6.45) is 5.84. The number of hydrogen-bond acceptors (Lipinski definition) is 4. The number of hydrogen-bond donors (Lipinski definition) is 2. The van der Waals surface area contributed by atoms with Crippen LogP contribution in [0.1, 0.15) is 35.3 Å². The predicted octanol–water partition coefficient (Wildman–Crippen LogP) is 3.80. The smallest absolute Gasteiger partial charge is 0.251 e. The lowest BCUT2D eigenvalue weighted by Gasteiger charge is -2.16. The van der Waals surface area contributed by atoms with E-state index in [9.17, 15) is 9.59 Å². The summed E-state index contributed by atoms with van der Waals surface area (Å²) in [5, 5.41) is 5.90. The zero-order valence-corrected chi connectivity index (χ0v) is 16.2. The fourth-order valence-electron chi connectivity index (χ4n) is 3.07. The van der Waals surface area contributed by atoms with Crippen molar-refractivity contribution in [2.24, 2.45) is 0 Å². The molecule has 1 aliphatic rings. The largest absolute Gasteiger partial charge is 0.346 e. The molecule has 28 heavy (non-hydrogen) atoms. The number of amides is 2. The zero-order chi connectivity index (χ0) is 19.5. The Morgan fingerprint density at radius 2 is 2.07 bits per heavy atom. The standard InChI is InChI=1S/C21H20N4O2S/c1-14(15-2-5-17(6-3-15)25-10-9-22-13-25)23-21(27)16-4-7-19-18(12-16)24-20(26)8-11-28-19/h2-7,9-10,12-14H,8,11H2,1H3,(H,23,27)(H,24,26)/t14-/m1/s1. The Bertz CT molecular complexity index is 1000. The van der Waals surface area contributed by atoms with Gasteiger partial charge in [-0.2, -0.15) is 0 Å². The molecule has 1 aromatic heterocycles. The maximum absolute atomic E-state index is 12.7. The molecule has 0 aliphatic carbocycles. The van der Waals surface area contributed by atoms with Gasteiger partial charge in [-0.15, -0.1) is 11.8 Å². The summed E-state index contributed by atoms with van der Waals surface area (Å²) in [7, 11) is 0. The number of carbonyl (C=O) groups excluding carboxylic acids is 2. The van der Waals surface area contributed by atoms with Crippen LogP contribution in [0.25, 0.3) is 5.69 Å². The molecule has 0 bridgehead atoms. The summed E-state index contributed by atoms with van der Waals surface area (Å²) in [6.45, 7) is 1.95. The molecule has 6 nitrogen and oxygen atoms in total. The van der Waals surface area contributed by atoms with Crippen LogP contribution in [-0.2, 0) is 4.79 Å². The van der Waals surface area contributed by atoms with Crippen LogP contribution in [0, 0.1) is 0 Å². The van der Waals surface area contributed by atoms with Crippen LogP contribution >= 0.6 is 11.8 Å². The molecular formula is C21H20N4O2S. The van der Waals surface area contributed by atoms with E-state index in [0.717, 1.165) is 21.9 Å². The van der Waals surface area contributed by atoms with Gasteiger partial charge in [0.15, 0.2) is 0 Å². The summed E-state index contributed by atoms with van der Waals surface area (Å²) in [5.41, 5.74) is 3.26. The Morgan fingerprint density at radius 3 is 2.82 bits per heavy atom. The second-order valence-electron chi connectivity index (χ2n) is 6.61. The van der Waals surface area contributed by atoms with Gasteiger partial charge in [0, 0.05) is 40.7 Å². The van der Waals surface area contributed by atoms with E-state index in [0.29, 0.717) is 17.7 Å². The Morgan fingerprint density at radius 1 is 1.25 bits per heavy atom. The van der Waals surface area contributed by atoms with Gasteiger partial charge >= 0.3 is 0 Å². The average molecular weight is 392 g/mol. The first-order valence-electron chi connectivity index (χ1n) is 9.06. The van der Waals surface area contributed by atoms with E-state index in [2.05, 4.69) is 15.6 Å². The number of anilines is 1. The Labute approximate surface area is 167 Å². The van der Waals surface area contributed by atoms with Gasteiger partial charge in [0.25, 0.3) is 5.91 Å². The number of nitrogens with one attached hydrogen (secondary N) is 2. The van der Waals surface area contributed by atoms with Crippen molar-refractivity contribution in [3.8, 4) is 5.69 Å². The monoisotopic (exact) mass is 392 g/mol. The Hall–Kier alpha value is -3.06. The van der Waals surface area contributed by atoms with Crippen LogP contribution in [0.15, 0.2) is 66.1 Å². The minimum Gasteiger partial charge on any atom is -0.346 e. The van der Waals surface area contributed by atoms with E-state index < -0.39 is 0 Å². The number of thioether (sulfide) groups is 1. The molecule has 0 radical (unpaired) electrons. The third kappa shape index (κ3) is 3.94. The third-order valence-electron chi connectivity index (χ3n) is 4.65. The van der Waals surface area contributed by atoms with Gasteiger partial charge < -0.3 is 15.2 Å². The van der Waals surface area contributed by atoms with Gasteiger partial charge in [-0.1, -0.05) is 12.1 Å². The Balaban J connectivity index is 1.46. The van der Waals surface area contributed by atoms with Gasteiger partial charge in [-0.05, 0) is 42.8 Å². The van der Waals surface area contributed by atoms with Crippen molar-refractivity contribution >= 4 is 29.3 Å². The molecule has 0 spiro atoms. The van der Waals surface area contributed by atoms with Gasteiger partial charge in [0.05, 0.1) is 18.1 Å². The van der Waals surface area contributed by atoms with E-state index in [1.54, 1.807) is 36.4 Å². The minimum atomic E-state index is -0.169. The van der Waals surface area contributed by atoms with Crippen LogP contribution in [-0.4, -0.2) is 27.1 Å². The predicted molar refractivity (Wildman–Crippen MR) is 110 cm³/mol. The second kappa shape index (κ2) is 7.90. The number of nitrogens with zero attached hydrogens (tertiary/aromatic N) is 2. The fraction of sp³-hybridized carbons (Fsp3) is 0.190. The first kappa shape index (κ1) is 18.3. The molecular weight excluding hydrogens is 372 g/mol. The van der Waals surface area contributed by atoms with Crippen molar-refractivity contribution in [1.29, 1.82) is 0 Å². The minimum absolute atomic E-state index is 0.0184. The Kier molecular flexibility index (Phi) is 5.16. The molecule has 1 atom stereocenters. The van der Waals surface area contributed by atoms with E-state index in [4.69, 9.17) is 0 Å². The maximum Gasteiger partial charge on any atom is 0.251 e. The molecule has 7 heteroatoms. The summed E-state index contributed by atoms with van der Waals surface area (Å²) in [5.74, 6) is 0.559. The van der Waals surface area contributed by atoms with Crippen LogP contribution in [0.3, 0.4) is 0 Å². The quantitative estimate of drug-likeness (QED) is 0.708. The topological polar surface area (TPSA) is 76.0 Å². The molecule has 2 aromatic carbocycles. The van der Waals surface area contributed by atoms with Crippen molar-refractivity contribution in [2.45, 2.75) is 24.3 Å². The van der Waals surface area contributed by atoms with Gasteiger partial charge in [0.1, 0.15) is 0 Å². The summed E-state index contributed by atoms with van der Waals surface area (Å²) >= 11 is 1.62. The molecule has 0 unspecified atom stereocenters. The van der Waals surface area contributed by atoms with E-state index in [1.807, 2.05) is 48.0 Å². The van der Waals surface area contributed by atoms with E-state index in [-0.39, 0.29) is 17.9 Å². The maximum atomic E-state index is 12.7. The third-order valence-corrected chi connectivity index (χ3v) is 5.72. The summed E-state index contributed by atoms with van der Waals surface area (Å²) in [6, 6.07) is 13.3. The number of benzene rings is 2. The van der Waals surface area contributed by atoms with Crippen LogP contribution in [0.4, 0.5) is 5.69 Å². The highest BCUT2D eigenvalue weighted by atomic mass is 32.2. The fourth-order valence-corrected chi connectivity index (χ4v) is 4.01. The van der Waals surface area contributed by atoms with Crippen molar-refractivity contribution in [3.63, 3.8) is 0 Å². The molecule has 0 saturated carbocycles. The molecule has 142 valence electrons. The van der Waals surface area contributed by atoms with Crippen LogP contribution in [0.5, 0.6) is 0 Å². The SMILES string of the molecule is C[C@@H](NC(=O)c1ccc2c(c1)NC(=O)CCS2)c1ccc(-n2ccnc2)cc1. The summed E-state index contributed by atoms with van der Waals surface area (Å²) < 4.78 is 1.93. The lowest BCUT2D eigenvalue weighted by atomic mass is 10.1. The van der Waals surface area contributed by atoms with Crippen LogP contribution in [0.2, 0.25) is 0 Å². The number of carbonyl (C=O) groups is 2. The summed E-state index contributed by atoms with van der Waals surface area (Å²) in [4.78, 5) is 29.5. The molecule has 2 heterocycles. The van der Waals surface area contributed by atoms with Crippen LogP contribution < -0.4 is 10.6 Å². The highest BCUT2D eigenvalue weighted by molar-refractivity contribution is 7.99. The van der Waals surface area contributed by atoms with Gasteiger partial charge in [-0.3, -0.25) is 9.59 Å². The second-order valence-corrected chi connectivity index (χ2v) is 7.75. The number of rotatable bonds is 4. The van der Waals surface area contributed by atoms with Gasteiger partial charge in [-0.25, -0.2) is 4.98 Å². The van der Waals surface area contributed by atoms with E-state index in [1.165, 1.54) is 0 Å². The number of imidazole rings is 1. The molecule has 0 saturated heterocycles. The molecule has 0 fully saturated rings. The van der Waals surface area contributed by atoms with Gasteiger partial charge in [0.2, 0.25) is 5.91 Å². The molecule has 3 aromatic rings. The highest BCUT2D eigenvalue weighted by Crippen LogP contribution is 2.31. The highest BCUT2D eigenvalue weighted by Gasteiger charge is 2.17. The zero-order valence-electron chi connectivity index (χ0n) is 15.4. The molecule has 2 amide bonds.